The Labute approximate surface area is 271 Å². The molecule has 4 heteroatoms. The van der Waals surface area contributed by atoms with E-state index in [1.54, 1.807) is 0 Å². The first-order valence-corrected chi connectivity index (χ1v) is 18.3. The number of aliphatic hydroxyl groups excluding tert-OH is 1. The minimum Gasteiger partial charge on any atom is -0.460 e. The maximum atomic E-state index is 12.7. The second-order valence-corrected chi connectivity index (χ2v) is 13.3. The van der Waals surface area contributed by atoms with Crippen molar-refractivity contribution < 1.29 is 19.1 Å². The highest BCUT2D eigenvalue weighted by Gasteiger charge is 2.31. The van der Waals surface area contributed by atoms with Gasteiger partial charge in [-0.2, -0.15) is 0 Å². The number of hydrogen-bond donors (Lipinski definition) is 1. The average molecular weight is 609 g/mol. The van der Waals surface area contributed by atoms with E-state index in [-0.39, 0.29) is 12.1 Å². The molecule has 2 aromatic carbocycles. The molecule has 248 valence electrons. The van der Waals surface area contributed by atoms with Gasteiger partial charge in [-0.25, -0.2) is 0 Å². The fourth-order valence-electron chi connectivity index (χ4n) is 6.43. The third kappa shape index (κ3) is 18.6. The first-order chi connectivity index (χ1) is 21.6. The summed E-state index contributed by atoms with van der Waals surface area (Å²) in [6, 6.07) is 21.2. The number of carbonyl (C=O) groups is 1. The summed E-state index contributed by atoms with van der Waals surface area (Å²) in [4.78, 5) is 12.7. The number of aliphatic hydroxyl groups is 1. The summed E-state index contributed by atoms with van der Waals surface area (Å²) in [5.74, 6) is -0.0777. The molecule has 0 aliphatic carbocycles. The van der Waals surface area contributed by atoms with Crippen LogP contribution in [0.1, 0.15) is 147 Å². The molecule has 0 fully saturated rings. The molecule has 0 saturated heterocycles. The van der Waals surface area contributed by atoms with E-state index >= 15 is 0 Å². The van der Waals surface area contributed by atoms with Crippen LogP contribution in [0.25, 0.3) is 0 Å². The molecule has 1 atom stereocenters. The van der Waals surface area contributed by atoms with Gasteiger partial charge in [0, 0.05) is 17.5 Å². The van der Waals surface area contributed by atoms with Gasteiger partial charge in [0.1, 0.15) is 38.9 Å². The lowest BCUT2D eigenvalue weighted by Crippen LogP contribution is -2.52. The quantitative estimate of drug-likeness (QED) is 0.0594. The summed E-state index contributed by atoms with van der Waals surface area (Å²) in [5, 5.41) is 11.3. The lowest BCUT2D eigenvalue weighted by atomic mass is 10.0. The van der Waals surface area contributed by atoms with Crippen LogP contribution in [0.3, 0.4) is 0 Å². The number of benzene rings is 2. The molecule has 0 saturated carbocycles. The van der Waals surface area contributed by atoms with Gasteiger partial charge in [-0.3, -0.25) is 4.79 Å². The van der Waals surface area contributed by atoms with Crippen molar-refractivity contribution in [3.8, 4) is 0 Å². The second kappa shape index (κ2) is 25.1. The molecule has 2 aromatic rings. The second-order valence-electron chi connectivity index (χ2n) is 13.3. The highest BCUT2D eigenvalue weighted by molar-refractivity contribution is 5.69. The Hall–Kier alpha value is -2.17. The number of quaternary nitrogens is 1. The van der Waals surface area contributed by atoms with Crippen LogP contribution in [0.2, 0.25) is 0 Å². The molecule has 0 radical (unpaired) electrons. The maximum Gasteiger partial charge on any atom is 0.305 e. The van der Waals surface area contributed by atoms with Crippen LogP contribution in [-0.2, 0) is 22.6 Å². The van der Waals surface area contributed by atoms with Crippen molar-refractivity contribution >= 4 is 5.97 Å². The molecule has 0 bridgehead atoms. The minimum absolute atomic E-state index is 0.0777. The van der Waals surface area contributed by atoms with E-state index in [1.165, 1.54) is 101 Å². The third-order valence-electron chi connectivity index (χ3n) is 9.02. The van der Waals surface area contributed by atoms with E-state index in [0.29, 0.717) is 30.6 Å². The largest absolute Gasteiger partial charge is 0.460 e. The zero-order chi connectivity index (χ0) is 31.6. The molecule has 0 aromatic heterocycles. The Balaban J connectivity index is 1.88. The topological polar surface area (TPSA) is 46.5 Å². The number of esters is 1. The SMILES string of the molecule is CCCCCCCCCCCCCC(=O)OCC[N+](Cc1ccccc1)(Cc1ccccc1)CC(O)CCCCCCCC. The zero-order valence-electron chi connectivity index (χ0n) is 28.5. The number of carbonyl (C=O) groups excluding carboxylic acids is 1. The van der Waals surface area contributed by atoms with Gasteiger partial charge < -0.3 is 14.3 Å². The summed E-state index contributed by atoms with van der Waals surface area (Å²) >= 11 is 0. The van der Waals surface area contributed by atoms with Crippen molar-refractivity contribution in [2.75, 3.05) is 19.7 Å². The first kappa shape index (κ1) is 38.0. The number of ether oxygens (including phenoxy) is 1. The molecular formula is C40H66NO3+. The van der Waals surface area contributed by atoms with Crippen LogP contribution in [0, 0.1) is 0 Å². The molecule has 0 aliphatic heterocycles. The van der Waals surface area contributed by atoms with Gasteiger partial charge >= 0.3 is 5.97 Å². The number of rotatable bonds is 28. The molecule has 0 amide bonds. The van der Waals surface area contributed by atoms with Crippen LogP contribution in [0.15, 0.2) is 60.7 Å². The van der Waals surface area contributed by atoms with Crippen molar-refractivity contribution in [3.05, 3.63) is 71.8 Å². The van der Waals surface area contributed by atoms with Crippen molar-refractivity contribution in [1.82, 2.24) is 0 Å². The fourth-order valence-corrected chi connectivity index (χ4v) is 6.43. The summed E-state index contributed by atoms with van der Waals surface area (Å²) in [7, 11) is 0. The van der Waals surface area contributed by atoms with E-state index in [1.807, 2.05) is 0 Å². The van der Waals surface area contributed by atoms with Crippen molar-refractivity contribution in [1.29, 1.82) is 0 Å². The summed E-state index contributed by atoms with van der Waals surface area (Å²) < 4.78 is 6.52. The van der Waals surface area contributed by atoms with Gasteiger partial charge in [0.25, 0.3) is 0 Å². The molecule has 1 N–H and O–H groups in total. The molecule has 0 spiro atoms. The Morgan fingerprint density at radius 3 is 1.55 bits per heavy atom. The smallest absolute Gasteiger partial charge is 0.305 e. The van der Waals surface area contributed by atoms with Crippen molar-refractivity contribution in [2.45, 2.75) is 155 Å². The third-order valence-corrected chi connectivity index (χ3v) is 9.02. The van der Waals surface area contributed by atoms with Gasteiger partial charge in [0.2, 0.25) is 0 Å². The van der Waals surface area contributed by atoms with Crippen molar-refractivity contribution in [2.24, 2.45) is 0 Å². The summed E-state index contributed by atoms with van der Waals surface area (Å²) in [6.07, 6.45) is 22.3. The normalized spacial score (nSPS) is 12.3. The number of nitrogens with zero attached hydrogens (tertiary/aromatic N) is 1. The summed E-state index contributed by atoms with van der Waals surface area (Å²) in [6.45, 7) is 7.87. The zero-order valence-corrected chi connectivity index (χ0v) is 28.5. The molecule has 0 heterocycles. The Bertz CT molecular complexity index is 891. The van der Waals surface area contributed by atoms with Gasteiger partial charge in [-0.05, 0) is 12.8 Å². The van der Waals surface area contributed by atoms with Crippen molar-refractivity contribution in [3.63, 3.8) is 0 Å². The van der Waals surface area contributed by atoms with Gasteiger partial charge in [0.15, 0.2) is 0 Å². The molecule has 4 nitrogen and oxygen atoms in total. The van der Waals surface area contributed by atoms with Gasteiger partial charge in [-0.15, -0.1) is 0 Å². The van der Waals surface area contributed by atoms with E-state index in [9.17, 15) is 9.90 Å². The number of unbranched alkanes of at least 4 members (excludes halogenated alkanes) is 15. The summed E-state index contributed by atoms with van der Waals surface area (Å²) in [5.41, 5.74) is 2.50. The average Bonchev–Trinajstić information content (AvgIpc) is 3.02. The van der Waals surface area contributed by atoms with Gasteiger partial charge in [-0.1, -0.05) is 177 Å². The van der Waals surface area contributed by atoms with E-state index in [2.05, 4.69) is 74.5 Å². The molecule has 44 heavy (non-hydrogen) atoms. The molecular weight excluding hydrogens is 542 g/mol. The van der Waals surface area contributed by atoms with E-state index in [4.69, 9.17) is 4.74 Å². The monoisotopic (exact) mass is 609 g/mol. The van der Waals surface area contributed by atoms with Crippen LogP contribution >= 0.6 is 0 Å². The Kier molecular flexibility index (Phi) is 21.7. The predicted molar refractivity (Wildman–Crippen MR) is 186 cm³/mol. The standard InChI is InChI=1S/C40H66NO3/c1-3-5-7-9-11-12-13-14-15-17-25-31-40(43)44-33-32-41(34-37-26-20-18-21-27-37,35-38-28-22-19-23-29-38)36-39(42)30-24-16-10-8-6-4-2/h18-23,26-29,39,42H,3-17,24-25,30-36H2,1-2H3/q+1. The Morgan fingerprint density at radius 1 is 0.636 bits per heavy atom. The lowest BCUT2D eigenvalue weighted by Gasteiger charge is -2.40. The van der Waals surface area contributed by atoms with Crippen LogP contribution in [-0.4, -0.2) is 41.4 Å². The highest BCUT2D eigenvalue weighted by Crippen LogP contribution is 2.23. The first-order valence-electron chi connectivity index (χ1n) is 18.3. The van der Waals surface area contributed by atoms with E-state index in [0.717, 1.165) is 38.8 Å². The maximum absolute atomic E-state index is 12.7. The fraction of sp³-hybridized carbons (Fsp3) is 0.675. The molecule has 2 rings (SSSR count). The number of hydrogen-bond acceptors (Lipinski definition) is 3. The van der Waals surface area contributed by atoms with Gasteiger partial charge in [0.05, 0.1) is 0 Å². The van der Waals surface area contributed by atoms with E-state index < -0.39 is 0 Å². The lowest BCUT2D eigenvalue weighted by molar-refractivity contribution is -0.956. The minimum atomic E-state index is -0.374. The van der Waals surface area contributed by atoms with Crippen LogP contribution in [0.4, 0.5) is 0 Å². The predicted octanol–water partition coefficient (Wildman–Crippen LogP) is 10.6. The molecule has 0 aliphatic rings. The highest BCUT2D eigenvalue weighted by atomic mass is 16.5. The Morgan fingerprint density at radius 2 is 1.07 bits per heavy atom. The van der Waals surface area contributed by atoms with Crippen LogP contribution < -0.4 is 0 Å². The molecule has 1 unspecified atom stereocenters. The van der Waals surface area contributed by atoms with Crippen LogP contribution in [0.5, 0.6) is 0 Å².